The molecule has 2 aliphatic rings. The molecule has 2 aromatic heterocycles. The first-order valence-corrected chi connectivity index (χ1v) is 16.7. The minimum absolute atomic E-state index is 0.132. The molecule has 0 aliphatic carbocycles. The van der Waals surface area contributed by atoms with Crippen LogP contribution in [0.3, 0.4) is 0 Å². The second-order valence-corrected chi connectivity index (χ2v) is 13.4. The van der Waals surface area contributed by atoms with Crippen LogP contribution in [0.15, 0.2) is 48.5 Å². The molecule has 0 radical (unpaired) electrons. The molecule has 2 aromatic carbocycles. The highest BCUT2D eigenvalue weighted by Gasteiger charge is 2.41. The molecule has 2 aliphatic heterocycles. The number of para-hydroxylation sites is 1. The molecule has 13 heteroatoms. The maximum atomic E-state index is 14.0. The summed E-state index contributed by atoms with van der Waals surface area (Å²) in [4.78, 5) is 76.5. The summed E-state index contributed by atoms with van der Waals surface area (Å²) in [6.45, 7) is 4.52. The highest BCUT2D eigenvalue weighted by molar-refractivity contribution is 7.20. The normalized spacial score (nSPS) is 19.1. The maximum absolute atomic E-state index is 14.0. The lowest BCUT2D eigenvalue weighted by Gasteiger charge is -2.31. The number of thiazole rings is 1. The van der Waals surface area contributed by atoms with Gasteiger partial charge in [-0.3, -0.25) is 24.0 Å². The van der Waals surface area contributed by atoms with E-state index in [-0.39, 0.29) is 40.6 Å². The first-order chi connectivity index (χ1) is 22.6. The number of nitrogens with one attached hydrogen (secondary N) is 4. The average molecular weight is 659 g/mol. The van der Waals surface area contributed by atoms with Gasteiger partial charge in [-0.2, -0.15) is 0 Å². The van der Waals surface area contributed by atoms with E-state index >= 15 is 0 Å². The van der Waals surface area contributed by atoms with Gasteiger partial charge in [-0.15, -0.1) is 11.3 Å². The van der Waals surface area contributed by atoms with Gasteiger partial charge in [-0.05, 0) is 61.9 Å². The number of Topliss-reactive ketones (excluding diaryl/α,β-unsaturated/α-hetero) is 1. The van der Waals surface area contributed by atoms with Crippen LogP contribution in [0.25, 0.3) is 21.1 Å². The molecule has 0 bridgehead atoms. The molecule has 0 unspecified atom stereocenters. The van der Waals surface area contributed by atoms with Crippen LogP contribution < -0.4 is 20.7 Å². The van der Waals surface area contributed by atoms with Crippen molar-refractivity contribution in [1.82, 2.24) is 30.8 Å². The number of ether oxygens (including phenoxy) is 1. The number of nitrogens with zero attached hydrogens (tertiary/aromatic N) is 2. The predicted molar refractivity (Wildman–Crippen MR) is 177 cm³/mol. The zero-order valence-electron chi connectivity index (χ0n) is 26.5. The number of carbonyl (C=O) groups excluding carboxylic acids is 5. The fraction of sp³-hybridized carbons (Fsp3) is 0.412. The number of amides is 4. The van der Waals surface area contributed by atoms with E-state index in [0.29, 0.717) is 43.6 Å². The molecule has 12 nitrogen and oxygen atoms in total. The van der Waals surface area contributed by atoms with Crippen LogP contribution in [0.1, 0.15) is 59.8 Å². The quantitative estimate of drug-likeness (QED) is 0.180. The Bertz CT molecular complexity index is 1820. The number of fused-ring (bicyclic) bond motifs is 2. The minimum atomic E-state index is -0.992. The van der Waals surface area contributed by atoms with Crippen molar-refractivity contribution >= 4 is 61.9 Å². The zero-order chi connectivity index (χ0) is 33.2. The lowest BCUT2D eigenvalue weighted by atomic mass is 9.95. The largest absolute Gasteiger partial charge is 0.496 e. The summed E-state index contributed by atoms with van der Waals surface area (Å²) in [6.07, 6.45) is 1.69. The molecule has 0 saturated carbocycles. The van der Waals surface area contributed by atoms with Crippen molar-refractivity contribution in [2.45, 2.75) is 57.7 Å². The van der Waals surface area contributed by atoms with Gasteiger partial charge in [0.05, 0.1) is 23.4 Å². The second kappa shape index (κ2) is 13.5. The van der Waals surface area contributed by atoms with Crippen molar-refractivity contribution in [2.24, 2.45) is 11.8 Å². The van der Waals surface area contributed by atoms with E-state index < -0.39 is 35.9 Å². The van der Waals surface area contributed by atoms with Gasteiger partial charge < -0.3 is 30.6 Å². The van der Waals surface area contributed by atoms with E-state index in [1.54, 1.807) is 19.2 Å². The zero-order valence-corrected chi connectivity index (χ0v) is 27.3. The molecule has 2 saturated heterocycles. The van der Waals surface area contributed by atoms with Crippen molar-refractivity contribution in [1.29, 1.82) is 0 Å². The standard InChI is InChI=1S/C34H38N6O6S/c1-18(2)28(39-31(43)24-17-20-21(36-24)9-6-11-26(20)46-3)34(45)40-15-7-10-25(40)32(44)37-23(16-19-13-14-35-30(19)42)29(41)33-38-22-8-4-5-12-27(22)47-33/h4-6,8-9,11-12,17-19,23,25,28,36H,7,10,13-16H2,1-3H3,(H,35,42)(H,37,44)(H,39,43)/t19-,23-,25-,28-/m0/s1. The third-order valence-corrected chi connectivity index (χ3v) is 10.0. The number of rotatable bonds is 11. The van der Waals surface area contributed by atoms with E-state index in [4.69, 9.17) is 4.74 Å². The Labute approximate surface area is 275 Å². The highest BCUT2D eigenvalue weighted by atomic mass is 32.1. The summed E-state index contributed by atoms with van der Waals surface area (Å²) in [7, 11) is 1.56. The lowest BCUT2D eigenvalue weighted by Crippen LogP contribution is -2.56. The van der Waals surface area contributed by atoms with Gasteiger partial charge in [0, 0.05) is 29.9 Å². The van der Waals surface area contributed by atoms with E-state index in [9.17, 15) is 24.0 Å². The number of hydrogen-bond acceptors (Lipinski definition) is 8. The Morgan fingerprint density at radius 2 is 1.89 bits per heavy atom. The van der Waals surface area contributed by atoms with Crippen LogP contribution in [0.4, 0.5) is 0 Å². The maximum Gasteiger partial charge on any atom is 0.268 e. The van der Waals surface area contributed by atoms with Gasteiger partial charge in [-0.25, -0.2) is 4.98 Å². The Balaban J connectivity index is 1.19. The van der Waals surface area contributed by atoms with E-state index in [1.165, 1.54) is 16.2 Å². The van der Waals surface area contributed by atoms with Crippen molar-refractivity contribution < 1.29 is 28.7 Å². The highest BCUT2D eigenvalue weighted by Crippen LogP contribution is 2.28. The van der Waals surface area contributed by atoms with Crippen LogP contribution >= 0.6 is 11.3 Å². The molecule has 4 N–H and O–H groups in total. The second-order valence-electron chi connectivity index (χ2n) is 12.4. The fourth-order valence-electron chi connectivity index (χ4n) is 6.42. The van der Waals surface area contributed by atoms with Gasteiger partial charge in [0.2, 0.25) is 23.5 Å². The molecule has 2 fully saturated rings. The molecule has 4 aromatic rings. The van der Waals surface area contributed by atoms with Crippen LogP contribution in [-0.2, 0) is 14.4 Å². The number of methoxy groups -OCH3 is 1. The molecule has 4 amide bonds. The topological polar surface area (TPSA) is 163 Å². The predicted octanol–water partition coefficient (Wildman–Crippen LogP) is 3.43. The Hall–Kier alpha value is -4.78. The summed E-state index contributed by atoms with van der Waals surface area (Å²) >= 11 is 1.24. The molecule has 0 spiro atoms. The Morgan fingerprint density at radius 3 is 2.62 bits per heavy atom. The molecular formula is C34H38N6O6S. The van der Waals surface area contributed by atoms with Gasteiger partial charge in [0.1, 0.15) is 23.5 Å². The molecule has 47 heavy (non-hydrogen) atoms. The fourth-order valence-corrected chi connectivity index (χ4v) is 7.38. The summed E-state index contributed by atoms with van der Waals surface area (Å²) in [5.74, 6) is -1.89. The first kappa shape index (κ1) is 32.2. The summed E-state index contributed by atoms with van der Waals surface area (Å²) in [5.41, 5.74) is 1.69. The Kier molecular flexibility index (Phi) is 9.26. The first-order valence-electron chi connectivity index (χ1n) is 15.9. The molecule has 246 valence electrons. The van der Waals surface area contributed by atoms with Crippen molar-refractivity contribution in [2.75, 3.05) is 20.2 Å². The van der Waals surface area contributed by atoms with Crippen molar-refractivity contribution in [3.63, 3.8) is 0 Å². The molecular weight excluding hydrogens is 620 g/mol. The Morgan fingerprint density at radius 1 is 1.09 bits per heavy atom. The van der Waals surface area contributed by atoms with Gasteiger partial charge in [0.25, 0.3) is 5.91 Å². The smallest absolute Gasteiger partial charge is 0.268 e. The SMILES string of the molecule is COc1cccc2[nH]c(C(=O)N[C@H](C(=O)N3CCC[C@H]3C(=O)N[C@@H](C[C@@H]3CCNC3=O)C(=O)c3nc4ccccc4s3)C(C)C)cc12. The molecule has 4 heterocycles. The van der Waals surface area contributed by atoms with Gasteiger partial charge in [0.15, 0.2) is 5.01 Å². The van der Waals surface area contributed by atoms with E-state index in [0.717, 1.165) is 15.6 Å². The van der Waals surface area contributed by atoms with E-state index in [2.05, 4.69) is 25.9 Å². The summed E-state index contributed by atoms with van der Waals surface area (Å²) < 4.78 is 6.26. The number of ketones is 1. The third-order valence-electron chi connectivity index (χ3n) is 8.97. The van der Waals surface area contributed by atoms with Gasteiger partial charge in [-0.1, -0.05) is 32.0 Å². The number of aromatic nitrogens is 2. The lowest BCUT2D eigenvalue weighted by molar-refractivity contribution is -0.140. The van der Waals surface area contributed by atoms with Crippen LogP contribution in [0.2, 0.25) is 0 Å². The number of aromatic amines is 1. The number of hydrogen-bond donors (Lipinski definition) is 4. The van der Waals surface area contributed by atoms with Crippen molar-refractivity contribution in [3.05, 3.63) is 59.2 Å². The number of benzene rings is 2. The van der Waals surface area contributed by atoms with Gasteiger partial charge >= 0.3 is 0 Å². The average Bonchev–Trinajstić information content (AvgIpc) is 3.88. The van der Waals surface area contributed by atoms with Crippen LogP contribution in [0, 0.1) is 11.8 Å². The third kappa shape index (κ3) is 6.57. The number of likely N-dealkylation sites (tertiary alicyclic amines) is 1. The molecule has 6 rings (SSSR count). The summed E-state index contributed by atoms with van der Waals surface area (Å²) in [5, 5.41) is 9.57. The van der Waals surface area contributed by atoms with Crippen molar-refractivity contribution in [3.8, 4) is 5.75 Å². The molecule has 4 atom stereocenters. The van der Waals surface area contributed by atoms with Crippen LogP contribution in [-0.4, -0.2) is 82.6 Å². The van der Waals surface area contributed by atoms with Crippen LogP contribution in [0.5, 0.6) is 5.75 Å². The minimum Gasteiger partial charge on any atom is -0.496 e. The number of carbonyl (C=O) groups is 5. The summed E-state index contributed by atoms with van der Waals surface area (Å²) in [6, 6.07) is 11.8. The number of H-pyrrole nitrogens is 1. The monoisotopic (exact) mass is 658 g/mol. The van der Waals surface area contributed by atoms with E-state index in [1.807, 2.05) is 50.2 Å².